The first-order valence-electron chi connectivity index (χ1n) is 5.00. The van der Waals surface area contributed by atoms with Crippen molar-refractivity contribution in [1.82, 2.24) is 10.6 Å². The Kier molecular flexibility index (Phi) is 4.89. The van der Waals surface area contributed by atoms with Crippen LogP contribution in [0.1, 0.15) is 13.3 Å². The maximum absolute atomic E-state index is 11.2. The van der Waals surface area contributed by atoms with Crippen LogP contribution in [-0.2, 0) is 14.3 Å². The van der Waals surface area contributed by atoms with Crippen LogP contribution in [0.15, 0.2) is 0 Å². The van der Waals surface area contributed by atoms with Crippen LogP contribution in [0.2, 0.25) is 0 Å². The summed E-state index contributed by atoms with van der Waals surface area (Å²) in [5, 5.41) is 5.11. The van der Waals surface area contributed by atoms with Gasteiger partial charge in [0.25, 0.3) is 0 Å². The molecule has 1 rings (SSSR count). The molecule has 0 aromatic carbocycles. The zero-order valence-electron chi connectivity index (χ0n) is 8.75. The van der Waals surface area contributed by atoms with Gasteiger partial charge in [0, 0.05) is 6.61 Å². The van der Waals surface area contributed by atoms with Crippen molar-refractivity contribution in [2.45, 2.75) is 19.4 Å². The zero-order chi connectivity index (χ0) is 11.1. The van der Waals surface area contributed by atoms with E-state index in [9.17, 15) is 9.59 Å². The van der Waals surface area contributed by atoms with E-state index in [4.69, 9.17) is 4.74 Å². The number of nitrogens with one attached hydrogen (secondary N) is 2. The van der Waals surface area contributed by atoms with Crippen LogP contribution < -0.4 is 10.6 Å². The van der Waals surface area contributed by atoms with E-state index in [0.29, 0.717) is 19.8 Å². The predicted molar refractivity (Wildman–Crippen MR) is 52.4 cm³/mol. The summed E-state index contributed by atoms with van der Waals surface area (Å²) < 4.78 is 9.74. The monoisotopic (exact) mass is 216 g/mol. The van der Waals surface area contributed by atoms with E-state index < -0.39 is 5.97 Å². The highest BCUT2D eigenvalue weighted by molar-refractivity contribution is 5.80. The summed E-state index contributed by atoms with van der Waals surface area (Å²) in [6, 6.07) is -0.314. The highest BCUT2D eigenvalue weighted by atomic mass is 16.5. The smallest absolute Gasteiger partial charge is 0.325 e. The molecule has 0 bridgehead atoms. The van der Waals surface area contributed by atoms with Gasteiger partial charge in [0.05, 0.1) is 19.3 Å². The molecule has 1 saturated heterocycles. The summed E-state index contributed by atoms with van der Waals surface area (Å²) in [4.78, 5) is 22.1. The lowest BCUT2D eigenvalue weighted by atomic mass is 10.3. The second-order valence-electron chi connectivity index (χ2n) is 3.19. The molecule has 1 aliphatic heterocycles. The Balaban J connectivity index is 2.10. The summed E-state index contributed by atoms with van der Waals surface area (Å²) in [6.07, 6.45) is 0.812. The van der Waals surface area contributed by atoms with Gasteiger partial charge in [0.1, 0.15) is 6.54 Å². The van der Waals surface area contributed by atoms with Gasteiger partial charge in [-0.15, -0.1) is 0 Å². The minimum atomic E-state index is -0.435. The Hall–Kier alpha value is -1.30. The van der Waals surface area contributed by atoms with Crippen molar-refractivity contribution >= 4 is 12.0 Å². The van der Waals surface area contributed by atoms with Gasteiger partial charge >= 0.3 is 12.0 Å². The van der Waals surface area contributed by atoms with Gasteiger partial charge in [-0.05, 0) is 13.3 Å². The average molecular weight is 216 g/mol. The van der Waals surface area contributed by atoms with Gasteiger partial charge in [-0.2, -0.15) is 0 Å². The first-order chi connectivity index (χ1) is 7.22. The quantitative estimate of drug-likeness (QED) is 0.629. The van der Waals surface area contributed by atoms with Gasteiger partial charge in [-0.25, -0.2) is 4.79 Å². The number of hydrogen-bond donors (Lipinski definition) is 2. The Morgan fingerprint density at radius 3 is 2.93 bits per heavy atom. The fourth-order valence-electron chi connectivity index (χ4n) is 1.25. The number of hydrogen-bond acceptors (Lipinski definition) is 4. The number of esters is 1. The first-order valence-corrected chi connectivity index (χ1v) is 5.00. The molecule has 2 N–H and O–H groups in total. The van der Waals surface area contributed by atoms with Gasteiger partial charge in [0.15, 0.2) is 0 Å². The molecule has 86 valence electrons. The van der Waals surface area contributed by atoms with Crippen molar-refractivity contribution < 1.29 is 19.1 Å². The third-order valence-corrected chi connectivity index (χ3v) is 1.96. The van der Waals surface area contributed by atoms with Crippen LogP contribution >= 0.6 is 0 Å². The molecular formula is C9H16N2O4. The summed E-state index contributed by atoms with van der Waals surface area (Å²) in [5.41, 5.74) is 0. The number of rotatable bonds is 4. The third kappa shape index (κ3) is 4.64. The summed E-state index contributed by atoms with van der Waals surface area (Å²) in [6.45, 7) is 3.13. The van der Waals surface area contributed by atoms with Crippen molar-refractivity contribution in [2.75, 3.05) is 26.4 Å². The van der Waals surface area contributed by atoms with E-state index in [1.165, 1.54) is 0 Å². The Bertz CT molecular complexity index is 226. The SMILES string of the molecule is CCOC(=O)CNC(=O)NC1CCOC1. The van der Waals surface area contributed by atoms with Crippen LogP contribution in [0.4, 0.5) is 4.79 Å². The molecule has 0 spiro atoms. The molecule has 0 saturated carbocycles. The van der Waals surface area contributed by atoms with Crippen LogP contribution in [0.3, 0.4) is 0 Å². The molecule has 1 atom stereocenters. The minimum absolute atomic E-state index is 0.0483. The molecule has 1 fully saturated rings. The summed E-state index contributed by atoms with van der Waals surface area (Å²) in [5.74, 6) is -0.435. The lowest BCUT2D eigenvalue weighted by molar-refractivity contribution is -0.141. The molecular weight excluding hydrogens is 200 g/mol. The zero-order valence-corrected chi connectivity index (χ0v) is 8.75. The van der Waals surface area contributed by atoms with Gasteiger partial charge in [-0.3, -0.25) is 4.79 Å². The number of carbonyl (C=O) groups excluding carboxylic acids is 2. The minimum Gasteiger partial charge on any atom is -0.465 e. The van der Waals surface area contributed by atoms with Crippen molar-refractivity contribution in [3.05, 3.63) is 0 Å². The summed E-state index contributed by atoms with van der Waals surface area (Å²) in [7, 11) is 0. The largest absolute Gasteiger partial charge is 0.465 e. The van der Waals surface area contributed by atoms with Gasteiger partial charge < -0.3 is 20.1 Å². The fraction of sp³-hybridized carbons (Fsp3) is 0.778. The number of ether oxygens (including phenoxy) is 2. The third-order valence-electron chi connectivity index (χ3n) is 1.96. The summed E-state index contributed by atoms with van der Waals surface area (Å²) >= 11 is 0. The highest BCUT2D eigenvalue weighted by Crippen LogP contribution is 2.02. The molecule has 6 heteroatoms. The molecule has 1 aliphatic rings. The molecule has 0 aromatic rings. The van der Waals surface area contributed by atoms with Crippen molar-refractivity contribution in [3.8, 4) is 0 Å². The Labute approximate surface area is 88.3 Å². The van der Waals surface area contributed by atoms with Crippen molar-refractivity contribution in [1.29, 1.82) is 0 Å². The average Bonchev–Trinajstić information content (AvgIpc) is 2.68. The Morgan fingerprint density at radius 1 is 1.53 bits per heavy atom. The molecule has 15 heavy (non-hydrogen) atoms. The molecule has 1 heterocycles. The molecule has 2 amide bonds. The molecule has 0 aromatic heterocycles. The van der Waals surface area contributed by atoms with E-state index in [1.807, 2.05) is 0 Å². The van der Waals surface area contributed by atoms with Crippen molar-refractivity contribution in [2.24, 2.45) is 0 Å². The van der Waals surface area contributed by atoms with Crippen LogP contribution in [0.25, 0.3) is 0 Å². The van der Waals surface area contributed by atoms with E-state index in [0.717, 1.165) is 6.42 Å². The second-order valence-corrected chi connectivity index (χ2v) is 3.19. The maximum atomic E-state index is 11.2. The van der Waals surface area contributed by atoms with Crippen LogP contribution in [-0.4, -0.2) is 44.4 Å². The Morgan fingerprint density at radius 2 is 2.33 bits per heavy atom. The van der Waals surface area contributed by atoms with Crippen LogP contribution in [0, 0.1) is 0 Å². The lowest BCUT2D eigenvalue weighted by Crippen LogP contribution is -2.44. The fourth-order valence-corrected chi connectivity index (χ4v) is 1.25. The molecule has 1 unspecified atom stereocenters. The molecule has 0 radical (unpaired) electrons. The van der Waals surface area contributed by atoms with E-state index in [2.05, 4.69) is 15.4 Å². The lowest BCUT2D eigenvalue weighted by Gasteiger charge is -2.11. The first kappa shape index (κ1) is 11.8. The van der Waals surface area contributed by atoms with Crippen LogP contribution in [0.5, 0.6) is 0 Å². The molecule has 0 aliphatic carbocycles. The second kappa shape index (κ2) is 6.23. The predicted octanol–water partition coefficient (Wildman–Crippen LogP) is -0.362. The van der Waals surface area contributed by atoms with Gasteiger partial charge in [-0.1, -0.05) is 0 Å². The topological polar surface area (TPSA) is 76.7 Å². The van der Waals surface area contributed by atoms with E-state index in [1.54, 1.807) is 6.92 Å². The normalized spacial score (nSPS) is 19.7. The number of carbonyl (C=O) groups is 2. The van der Waals surface area contributed by atoms with Gasteiger partial charge in [0.2, 0.25) is 0 Å². The van der Waals surface area contributed by atoms with E-state index >= 15 is 0 Å². The highest BCUT2D eigenvalue weighted by Gasteiger charge is 2.17. The van der Waals surface area contributed by atoms with E-state index in [-0.39, 0.29) is 18.6 Å². The maximum Gasteiger partial charge on any atom is 0.325 e. The number of amides is 2. The van der Waals surface area contributed by atoms with Crippen molar-refractivity contribution in [3.63, 3.8) is 0 Å². The molecule has 6 nitrogen and oxygen atoms in total. The standard InChI is InChI=1S/C9H16N2O4/c1-2-15-8(12)5-10-9(13)11-7-3-4-14-6-7/h7H,2-6H2,1H3,(H2,10,11,13). The number of urea groups is 1.